The third-order valence-electron chi connectivity index (χ3n) is 5.12. The van der Waals surface area contributed by atoms with E-state index in [9.17, 15) is 0 Å². The Bertz CT molecular complexity index is 633. The van der Waals surface area contributed by atoms with E-state index in [0.717, 1.165) is 37.8 Å². The molecule has 0 unspecified atom stereocenters. The van der Waals surface area contributed by atoms with E-state index < -0.39 is 0 Å². The number of rotatable bonds is 8. The van der Waals surface area contributed by atoms with Gasteiger partial charge in [0.25, 0.3) is 0 Å². The van der Waals surface area contributed by atoms with Gasteiger partial charge in [-0.25, -0.2) is 0 Å². The molecule has 2 aromatic rings. The molecule has 1 aliphatic heterocycles. The monoisotopic (exact) mass is 352 g/mol. The van der Waals surface area contributed by atoms with E-state index in [2.05, 4.69) is 72.6 Å². The van der Waals surface area contributed by atoms with Crippen LogP contribution in [0.1, 0.15) is 43.9 Å². The molecule has 1 N–H and O–H groups in total. The van der Waals surface area contributed by atoms with Gasteiger partial charge in [0.2, 0.25) is 0 Å². The largest absolute Gasteiger partial charge is 0.489 e. The zero-order chi connectivity index (χ0) is 18.2. The van der Waals surface area contributed by atoms with Crippen molar-refractivity contribution in [2.24, 2.45) is 5.92 Å². The highest BCUT2D eigenvalue weighted by atomic mass is 16.5. The van der Waals surface area contributed by atoms with Gasteiger partial charge in [0.1, 0.15) is 12.4 Å². The van der Waals surface area contributed by atoms with Crippen molar-refractivity contribution in [2.45, 2.75) is 39.3 Å². The fraction of sp³-hybridized carbons (Fsp3) is 0.478. The lowest BCUT2D eigenvalue weighted by Crippen LogP contribution is -2.45. The van der Waals surface area contributed by atoms with Crippen LogP contribution in [0.2, 0.25) is 0 Å². The van der Waals surface area contributed by atoms with Crippen LogP contribution in [0.15, 0.2) is 54.6 Å². The SMILES string of the molecule is CC(C)CC[C@@H](c1ccc(OCc2ccccc2)cc1)N1CCNCC1. The molecule has 0 spiro atoms. The van der Waals surface area contributed by atoms with Gasteiger partial charge < -0.3 is 10.1 Å². The normalized spacial score (nSPS) is 16.6. The zero-order valence-electron chi connectivity index (χ0n) is 16.2. The van der Waals surface area contributed by atoms with Gasteiger partial charge in [-0.3, -0.25) is 4.90 Å². The van der Waals surface area contributed by atoms with Crippen molar-refractivity contribution >= 4 is 0 Å². The Hall–Kier alpha value is -1.84. The Labute approximate surface area is 158 Å². The Morgan fingerprint density at radius 1 is 0.923 bits per heavy atom. The van der Waals surface area contributed by atoms with E-state index in [1.54, 1.807) is 0 Å². The Kier molecular flexibility index (Phi) is 7.10. The number of ether oxygens (including phenoxy) is 1. The topological polar surface area (TPSA) is 24.5 Å². The lowest BCUT2D eigenvalue weighted by atomic mass is 9.95. The second-order valence-corrected chi connectivity index (χ2v) is 7.62. The average molecular weight is 353 g/mol. The van der Waals surface area contributed by atoms with Crippen molar-refractivity contribution in [3.8, 4) is 5.75 Å². The average Bonchev–Trinajstić information content (AvgIpc) is 2.69. The van der Waals surface area contributed by atoms with E-state index in [-0.39, 0.29) is 0 Å². The van der Waals surface area contributed by atoms with Gasteiger partial charge in [-0.05, 0) is 42.0 Å². The molecule has 1 atom stereocenters. The summed E-state index contributed by atoms with van der Waals surface area (Å²) in [6.45, 7) is 9.70. The molecule has 26 heavy (non-hydrogen) atoms. The number of piperazine rings is 1. The van der Waals surface area contributed by atoms with Crippen LogP contribution in [0.5, 0.6) is 5.75 Å². The zero-order valence-corrected chi connectivity index (χ0v) is 16.2. The van der Waals surface area contributed by atoms with Crippen molar-refractivity contribution in [2.75, 3.05) is 26.2 Å². The molecule has 140 valence electrons. The van der Waals surface area contributed by atoms with E-state index >= 15 is 0 Å². The van der Waals surface area contributed by atoms with E-state index in [1.165, 1.54) is 24.0 Å². The van der Waals surface area contributed by atoms with Crippen LogP contribution in [-0.2, 0) is 6.61 Å². The molecular formula is C23H32N2O. The first-order chi connectivity index (χ1) is 12.7. The minimum atomic E-state index is 0.516. The summed E-state index contributed by atoms with van der Waals surface area (Å²) in [7, 11) is 0. The predicted octanol–water partition coefficient (Wildman–Crippen LogP) is 4.65. The van der Waals surface area contributed by atoms with Gasteiger partial charge in [-0.1, -0.05) is 56.3 Å². The van der Waals surface area contributed by atoms with Crippen LogP contribution in [0, 0.1) is 5.92 Å². The van der Waals surface area contributed by atoms with Crippen LogP contribution < -0.4 is 10.1 Å². The second kappa shape index (κ2) is 9.75. The summed E-state index contributed by atoms with van der Waals surface area (Å²) in [5.74, 6) is 1.69. The molecule has 1 fully saturated rings. The number of hydrogen-bond donors (Lipinski definition) is 1. The molecule has 2 aromatic carbocycles. The minimum Gasteiger partial charge on any atom is -0.489 e. The summed E-state index contributed by atoms with van der Waals surface area (Å²) in [6, 6.07) is 19.6. The second-order valence-electron chi connectivity index (χ2n) is 7.62. The third-order valence-corrected chi connectivity index (χ3v) is 5.12. The van der Waals surface area contributed by atoms with Crippen LogP contribution >= 0.6 is 0 Å². The summed E-state index contributed by atoms with van der Waals surface area (Å²) in [5, 5.41) is 3.47. The first-order valence-electron chi connectivity index (χ1n) is 9.94. The van der Waals surface area contributed by atoms with Crippen molar-refractivity contribution in [3.63, 3.8) is 0 Å². The van der Waals surface area contributed by atoms with E-state index in [1.807, 2.05) is 6.07 Å². The standard InChI is InChI=1S/C23H32N2O/c1-19(2)8-13-23(25-16-14-24-15-17-25)21-9-11-22(12-10-21)26-18-20-6-4-3-5-7-20/h3-7,9-12,19,23-24H,8,13-18H2,1-2H3/t23-/m0/s1. The van der Waals surface area contributed by atoms with E-state index in [0.29, 0.717) is 12.6 Å². The van der Waals surface area contributed by atoms with Gasteiger partial charge in [-0.2, -0.15) is 0 Å². The lowest BCUT2D eigenvalue weighted by Gasteiger charge is -2.35. The summed E-state index contributed by atoms with van der Waals surface area (Å²) >= 11 is 0. The van der Waals surface area contributed by atoms with Crippen molar-refractivity contribution < 1.29 is 4.74 Å². The fourth-order valence-corrected chi connectivity index (χ4v) is 3.57. The molecule has 1 heterocycles. The molecule has 3 rings (SSSR count). The third kappa shape index (κ3) is 5.58. The predicted molar refractivity (Wildman–Crippen MR) is 108 cm³/mol. The Morgan fingerprint density at radius 3 is 2.27 bits per heavy atom. The molecule has 0 aromatic heterocycles. The van der Waals surface area contributed by atoms with Crippen LogP contribution in [0.3, 0.4) is 0 Å². The molecule has 0 aliphatic carbocycles. The highest BCUT2D eigenvalue weighted by Crippen LogP contribution is 2.29. The van der Waals surface area contributed by atoms with Gasteiger partial charge in [-0.15, -0.1) is 0 Å². The van der Waals surface area contributed by atoms with Crippen LogP contribution in [0.4, 0.5) is 0 Å². The van der Waals surface area contributed by atoms with Crippen LogP contribution in [-0.4, -0.2) is 31.1 Å². The molecule has 0 saturated carbocycles. The Balaban J connectivity index is 1.64. The molecule has 0 bridgehead atoms. The number of nitrogens with zero attached hydrogens (tertiary/aromatic N) is 1. The van der Waals surface area contributed by atoms with Crippen molar-refractivity contribution in [3.05, 3.63) is 65.7 Å². The van der Waals surface area contributed by atoms with Gasteiger partial charge >= 0.3 is 0 Å². The minimum absolute atomic E-state index is 0.516. The summed E-state index contributed by atoms with van der Waals surface area (Å²) in [6.07, 6.45) is 2.49. The van der Waals surface area contributed by atoms with Crippen molar-refractivity contribution in [1.29, 1.82) is 0 Å². The summed E-state index contributed by atoms with van der Waals surface area (Å²) < 4.78 is 5.95. The molecular weight excluding hydrogens is 320 g/mol. The molecule has 0 amide bonds. The first-order valence-corrected chi connectivity index (χ1v) is 9.94. The first kappa shape index (κ1) is 18.9. The Morgan fingerprint density at radius 2 is 1.62 bits per heavy atom. The van der Waals surface area contributed by atoms with Gasteiger partial charge in [0.15, 0.2) is 0 Å². The number of nitrogens with one attached hydrogen (secondary N) is 1. The van der Waals surface area contributed by atoms with Crippen molar-refractivity contribution in [1.82, 2.24) is 10.2 Å². The number of benzene rings is 2. The highest BCUT2D eigenvalue weighted by molar-refractivity contribution is 5.30. The molecule has 0 radical (unpaired) electrons. The summed E-state index contributed by atoms with van der Waals surface area (Å²) in [4.78, 5) is 2.64. The van der Waals surface area contributed by atoms with Gasteiger partial charge in [0.05, 0.1) is 0 Å². The maximum Gasteiger partial charge on any atom is 0.119 e. The molecule has 1 aliphatic rings. The lowest BCUT2D eigenvalue weighted by molar-refractivity contribution is 0.159. The number of hydrogen-bond acceptors (Lipinski definition) is 3. The summed E-state index contributed by atoms with van der Waals surface area (Å²) in [5.41, 5.74) is 2.62. The van der Waals surface area contributed by atoms with Gasteiger partial charge in [0, 0.05) is 32.2 Å². The maximum absolute atomic E-state index is 5.95. The quantitative estimate of drug-likeness (QED) is 0.748. The highest BCUT2D eigenvalue weighted by Gasteiger charge is 2.22. The smallest absolute Gasteiger partial charge is 0.119 e. The van der Waals surface area contributed by atoms with Crippen LogP contribution in [0.25, 0.3) is 0 Å². The fourth-order valence-electron chi connectivity index (χ4n) is 3.57. The molecule has 1 saturated heterocycles. The van der Waals surface area contributed by atoms with E-state index in [4.69, 9.17) is 4.74 Å². The molecule has 3 heteroatoms. The maximum atomic E-state index is 5.95. The molecule has 3 nitrogen and oxygen atoms in total.